The fraction of sp³-hybridized carbons (Fsp3) is 0.250. The quantitative estimate of drug-likeness (QED) is 0.832. The van der Waals surface area contributed by atoms with E-state index in [0.717, 1.165) is 11.4 Å². The molecule has 1 aromatic carbocycles. The van der Waals surface area contributed by atoms with Crippen LogP contribution in [0, 0.1) is 0 Å². The molecule has 2 rings (SSSR count). The zero-order valence-electron chi connectivity index (χ0n) is 10.1. The summed E-state index contributed by atoms with van der Waals surface area (Å²) in [7, 11) is 0. The molecule has 0 unspecified atom stereocenters. The van der Waals surface area contributed by atoms with Gasteiger partial charge in [-0.1, -0.05) is 37.0 Å². The Kier molecular flexibility index (Phi) is 3.41. The van der Waals surface area contributed by atoms with E-state index in [1.807, 2.05) is 13.8 Å². The van der Waals surface area contributed by atoms with Gasteiger partial charge in [0.15, 0.2) is 5.82 Å². The number of hydrogen-bond acceptors (Lipinski definition) is 3. The molecule has 0 spiro atoms. The molecule has 4 N–H and O–H groups in total. The topological polar surface area (TPSA) is 69.9 Å². The van der Waals surface area contributed by atoms with Crippen LogP contribution in [-0.4, -0.2) is 9.66 Å². The summed E-state index contributed by atoms with van der Waals surface area (Å²) in [5, 5.41) is 1.07. The number of halogens is 2. The molecule has 0 bridgehead atoms. The van der Waals surface area contributed by atoms with Crippen LogP contribution in [0.25, 0.3) is 11.3 Å². The lowest BCUT2D eigenvalue weighted by molar-refractivity contribution is 0.739. The highest BCUT2D eigenvalue weighted by Gasteiger charge is 2.17. The molecule has 0 saturated heterocycles. The standard InChI is InChI=1S/C12H14Cl2N4/c1-6(2)12-17-10(11(15)18(12)16)7-3-8(13)5-9(14)4-7/h3-6H,15-16H2,1-2H3. The molecule has 0 atom stereocenters. The number of nitrogen functional groups attached to an aromatic ring is 2. The van der Waals surface area contributed by atoms with Crippen molar-refractivity contribution in [3.63, 3.8) is 0 Å². The van der Waals surface area contributed by atoms with Crippen LogP contribution >= 0.6 is 23.2 Å². The molecule has 6 heteroatoms. The summed E-state index contributed by atoms with van der Waals surface area (Å²) in [6.07, 6.45) is 0. The zero-order chi connectivity index (χ0) is 13.4. The van der Waals surface area contributed by atoms with Crippen LogP contribution in [0.4, 0.5) is 5.82 Å². The third-order valence-corrected chi connectivity index (χ3v) is 3.06. The molecule has 4 nitrogen and oxygen atoms in total. The van der Waals surface area contributed by atoms with Gasteiger partial charge in [0.25, 0.3) is 0 Å². The average Bonchev–Trinajstić information content (AvgIpc) is 2.55. The predicted molar refractivity (Wildman–Crippen MR) is 76.3 cm³/mol. The van der Waals surface area contributed by atoms with E-state index in [0.29, 0.717) is 21.6 Å². The Bertz CT molecular complexity index is 570. The Balaban J connectivity index is 2.60. The van der Waals surface area contributed by atoms with Crippen LogP contribution < -0.4 is 11.6 Å². The molecule has 0 amide bonds. The van der Waals surface area contributed by atoms with E-state index >= 15 is 0 Å². The second kappa shape index (κ2) is 4.71. The highest BCUT2D eigenvalue weighted by Crippen LogP contribution is 2.31. The predicted octanol–water partition coefficient (Wildman–Crippen LogP) is 3.28. The van der Waals surface area contributed by atoms with Gasteiger partial charge in [-0.05, 0) is 18.2 Å². The van der Waals surface area contributed by atoms with Crippen molar-refractivity contribution in [2.75, 3.05) is 11.6 Å². The number of nitrogens with zero attached hydrogens (tertiary/aromatic N) is 2. The third kappa shape index (κ3) is 2.26. The number of anilines is 1. The molecule has 0 aliphatic carbocycles. The largest absolute Gasteiger partial charge is 0.382 e. The maximum absolute atomic E-state index is 5.97. The van der Waals surface area contributed by atoms with Crippen LogP contribution in [0.5, 0.6) is 0 Å². The minimum atomic E-state index is 0.181. The summed E-state index contributed by atoms with van der Waals surface area (Å²) in [5.74, 6) is 7.18. The normalized spacial score (nSPS) is 11.2. The summed E-state index contributed by atoms with van der Waals surface area (Å²) in [4.78, 5) is 4.46. The van der Waals surface area contributed by atoms with Crippen LogP contribution in [0.3, 0.4) is 0 Å². The second-order valence-corrected chi connectivity index (χ2v) is 5.26. The Morgan fingerprint density at radius 3 is 2.17 bits per heavy atom. The Morgan fingerprint density at radius 1 is 1.17 bits per heavy atom. The molecule has 0 aliphatic rings. The summed E-state index contributed by atoms with van der Waals surface area (Å²) >= 11 is 11.9. The number of rotatable bonds is 2. The average molecular weight is 285 g/mol. The molecule has 18 heavy (non-hydrogen) atoms. The number of benzene rings is 1. The minimum Gasteiger partial charge on any atom is -0.382 e. The first-order valence-corrected chi connectivity index (χ1v) is 6.25. The molecule has 2 aromatic rings. The van der Waals surface area contributed by atoms with Gasteiger partial charge in [0.2, 0.25) is 0 Å². The number of nitrogens with two attached hydrogens (primary N) is 2. The van der Waals surface area contributed by atoms with Gasteiger partial charge < -0.3 is 11.6 Å². The van der Waals surface area contributed by atoms with Crippen molar-refractivity contribution in [3.8, 4) is 11.3 Å². The molecule has 0 aliphatic heterocycles. The van der Waals surface area contributed by atoms with Crippen LogP contribution in [0.1, 0.15) is 25.6 Å². The third-order valence-electron chi connectivity index (χ3n) is 2.63. The highest BCUT2D eigenvalue weighted by molar-refractivity contribution is 6.35. The number of hydrogen-bond donors (Lipinski definition) is 2. The van der Waals surface area contributed by atoms with Gasteiger partial charge in [0.1, 0.15) is 11.5 Å². The second-order valence-electron chi connectivity index (χ2n) is 4.39. The van der Waals surface area contributed by atoms with E-state index in [1.165, 1.54) is 4.68 Å². The highest BCUT2D eigenvalue weighted by atomic mass is 35.5. The summed E-state index contributed by atoms with van der Waals surface area (Å²) in [6, 6.07) is 5.18. The summed E-state index contributed by atoms with van der Waals surface area (Å²) < 4.78 is 1.40. The van der Waals surface area contributed by atoms with Crippen molar-refractivity contribution in [3.05, 3.63) is 34.1 Å². The van der Waals surface area contributed by atoms with E-state index in [4.69, 9.17) is 34.8 Å². The van der Waals surface area contributed by atoms with Crippen molar-refractivity contribution in [2.24, 2.45) is 0 Å². The van der Waals surface area contributed by atoms with Gasteiger partial charge in [0.05, 0.1) is 0 Å². The Labute approximate surface area is 115 Å². The van der Waals surface area contributed by atoms with Gasteiger partial charge in [-0.15, -0.1) is 0 Å². The smallest absolute Gasteiger partial charge is 0.150 e. The molecule has 1 aromatic heterocycles. The Hall–Kier alpha value is -1.39. The number of imidazole rings is 1. The lowest BCUT2D eigenvalue weighted by Gasteiger charge is -2.04. The van der Waals surface area contributed by atoms with E-state index in [9.17, 15) is 0 Å². The van der Waals surface area contributed by atoms with Gasteiger partial charge in [-0.2, -0.15) is 0 Å². The summed E-state index contributed by atoms with van der Waals surface area (Å²) in [6.45, 7) is 4.00. The molecule has 96 valence electrons. The van der Waals surface area contributed by atoms with E-state index < -0.39 is 0 Å². The first kappa shape index (κ1) is 13.1. The molecule has 0 radical (unpaired) electrons. The van der Waals surface area contributed by atoms with Crippen LogP contribution in [-0.2, 0) is 0 Å². The molecule has 0 fully saturated rings. The van der Waals surface area contributed by atoms with Crippen molar-refractivity contribution in [2.45, 2.75) is 19.8 Å². The molecular formula is C12H14Cl2N4. The van der Waals surface area contributed by atoms with E-state index in [-0.39, 0.29) is 5.92 Å². The lowest BCUT2D eigenvalue weighted by Crippen LogP contribution is -2.16. The van der Waals surface area contributed by atoms with Crippen LogP contribution in [0.15, 0.2) is 18.2 Å². The van der Waals surface area contributed by atoms with Gasteiger partial charge >= 0.3 is 0 Å². The SMILES string of the molecule is CC(C)c1nc(-c2cc(Cl)cc(Cl)c2)c(N)n1N. The van der Waals surface area contributed by atoms with Crippen molar-refractivity contribution in [1.29, 1.82) is 0 Å². The molecule has 1 heterocycles. The Morgan fingerprint density at radius 2 is 1.72 bits per heavy atom. The van der Waals surface area contributed by atoms with Gasteiger partial charge in [0, 0.05) is 21.5 Å². The maximum Gasteiger partial charge on any atom is 0.150 e. The van der Waals surface area contributed by atoms with Crippen molar-refractivity contribution >= 4 is 29.0 Å². The van der Waals surface area contributed by atoms with E-state index in [2.05, 4.69) is 4.98 Å². The van der Waals surface area contributed by atoms with Gasteiger partial charge in [-0.3, -0.25) is 0 Å². The monoisotopic (exact) mass is 284 g/mol. The van der Waals surface area contributed by atoms with Crippen molar-refractivity contribution < 1.29 is 0 Å². The first-order valence-electron chi connectivity index (χ1n) is 5.49. The van der Waals surface area contributed by atoms with Gasteiger partial charge in [-0.25, -0.2) is 9.66 Å². The van der Waals surface area contributed by atoms with Crippen molar-refractivity contribution in [1.82, 2.24) is 9.66 Å². The fourth-order valence-corrected chi connectivity index (χ4v) is 2.30. The molecule has 0 saturated carbocycles. The summed E-state index contributed by atoms with van der Waals surface area (Å²) in [5.41, 5.74) is 7.33. The minimum absolute atomic E-state index is 0.181. The first-order chi connectivity index (χ1) is 8.40. The zero-order valence-corrected chi connectivity index (χ0v) is 11.6. The van der Waals surface area contributed by atoms with Crippen LogP contribution in [0.2, 0.25) is 10.0 Å². The maximum atomic E-state index is 5.97. The number of aromatic nitrogens is 2. The fourth-order valence-electron chi connectivity index (χ4n) is 1.77. The molecular weight excluding hydrogens is 271 g/mol. The lowest BCUT2D eigenvalue weighted by atomic mass is 10.1. The van der Waals surface area contributed by atoms with E-state index in [1.54, 1.807) is 18.2 Å².